The lowest BCUT2D eigenvalue weighted by Gasteiger charge is -2.25. The van der Waals surface area contributed by atoms with Crippen molar-refractivity contribution >= 4 is 40.7 Å². The topological polar surface area (TPSA) is 77.8 Å². The summed E-state index contributed by atoms with van der Waals surface area (Å²) < 4.78 is 0. The third-order valence-corrected chi connectivity index (χ3v) is 4.75. The molecule has 2 aromatic rings. The molecule has 0 spiro atoms. The zero-order valence-corrected chi connectivity index (χ0v) is 15.0. The molecule has 7 heteroatoms. The summed E-state index contributed by atoms with van der Waals surface area (Å²) >= 11 is 12.2. The van der Waals surface area contributed by atoms with E-state index in [9.17, 15) is 19.8 Å². The fraction of sp³-hybridized carbons (Fsp3) is 0.158. The molecule has 1 amide bonds. The number of halogens is 2. The van der Waals surface area contributed by atoms with E-state index in [0.717, 1.165) is 0 Å². The number of ketones is 1. The second kappa shape index (κ2) is 7.50. The first kappa shape index (κ1) is 18.5. The standard InChI is InChI=1S/C19H15Cl2NO4/c20-12-6-7-13(14(21)10-12)16-15(17(24)11-4-2-1-3-5-11)18(25)19(26)22(16)8-9-23/h1-7,10,16,23-24H,8-9H2/b17-15-. The summed E-state index contributed by atoms with van der Waals surface area (Å²) in [6.45, 7) is -0.403. The molecular weight excluding hydrogens is 377 g/mol. The van der Waals surface area contributed by atoms with Gasteiger partial charge in [-0.25, -0.2) is 0 Å². The third kappa shape index (κ3) is 3.21. The van der Waals surface area contributed by atoms with Crippen molar-refractivity contribution in [1.29, 1.82) is 0 Å². The van der Waals surface area contributed by atoms with Crippen LogP contribution in [-0.2, 0) is 9.59 Å². The maximum absolute atomic E-state index is 12.6. The summed E-state index contributed by atoms with van der Waals surface area (Å²) in [5.41, 5.74) is 0.782. The van der Waals surface area contributed by atoms with Crippen molar-refractivity contribution in [2.75, 3.05) is 13.2 Å². The van der Waals surface area contributed by atoms with Gasteiger partial charge in [-0.15, -0.1) is 0 Å². The second-order valence-electron chi connectivity index (χ2n) is 5.75. The zero-order valence-electron chi connectivity index (χ0n) is 13.5. The van der Waals surface area contributed by atoms with E-state index in [2.05, 4.69) is 0 Å². The molecular formula is C19H15Cl2NO4. The molecule has 0 bridgehead atoms. The molecule has 0 aliphatic carbocycles. The Balaban J connectivity index is 2.23. The fourth-order valence-corrected chi connectivity index (χ4v) is 3.53. The molecule has 0 aromatic heterocycles. The van der Waals surface area contributed by atoms with Gasteiger partial charge in [-0.1, -0.05) is 59.6 Å². The van der Waals surface area contributed by atoms with Crippen LogP contribution in [0.3, 0.4) is 0 Å². The van der Waals surface area contributed by atoms with Gasteiger partial charge in [0.05, 0.1) is 18.2 Å². The van der Waals surface area contributed by atoms with Crippen LogP contribution in [0.25, 0.3) is 5.76 Å². The van der Waals surface area contributed by atoms with Gasteiger partial charge in [0.15, 0.2) is 0 Å². The number of aliphatic hydroxyl groups is 2. The van der Waals surface area contributed by atoms with Crippen molar-refractivity contribution in [1.82, 2.24) is 4.90 Å². The maximum atomic E-state index is 12.6. The number of carbonyl (C=O) groups excluding carboxylic acids is 2. The number of amides is 1. The van der Waals surface area contributed by atoms with Gasteiger partial charge in [0.25, 0.3) is 11.7 Å². The molecule has 5 nitrogen and oxygen atoms in total. The van der Waals surface area contributed by atoms with Crippen molar-refractivity contribution in [2.45, 2.75) is 6.04 Å². The molecule has 1 aliphatic heterocycles. The Morgan fingerprint density at radius 3 is 2.38 bits per heavy atom. The number of likely N-dealkylation sites (tertiary alicyclic amines) is 1. The molecule has 3 rings (SSSR count). The monoisotopic (exact) mass is 391 g/mol. The minimum atomic E-state index is -0.910. The highest BCUT2D eigenvalue weighted by atomic mass is 35.5. The van der Waals surface area contributed by atoms with Crippen molar-refractivity contribution in [2.24, 2.45) is 0 Å². The highest BCUT2D eigenvalue weighted by Gasteiger charge is 2.46. The van der Waals surface area contributed by atoms with Crippen LogP contribution in [0.5, 0.6) is 0 Å². The highest BCUT2D eigenvalue weighted by molar-refractivity contribution is 6.47. The largest absolute Gasteiger partial charge is 0.507 e. The van der Waals surface area contributed by atoms with Crippen LogP contribution in [0.1, 0.15) is 17.2 Å². The minimum absolute atomic E-state index is 0.0697. The SMILES string of the molecule is O=C1C(=O)N(CCO)C(c2ccc(Cl)cc2Cl)/C1=C(/O)c1ccccc1. The number of aliphatic hydroxyl groups excluding tert-OH is 2. The van der Waals surface area contributed by atoms with Crippen LogP contribution in [-0.4, -0.2) is 40.0 Å². The van der Waals surface area contributed by atoms with Gasteiger partial charge in [-0.05, 0) is 17.7 Å². The average molecular weight is 392 g/mol. The first-order valence-corrected chi connectivity index (χ1v) is 8.61. The van der Waals surface area contributed by atoms with Gasteiger partial charge in [0.1, 0.15) is 5.76 Å². The predicted octanol–water partition coefficient (Wildman–Crippen LogP) is 3.41. The molecule has 1 fully saturated rings. The third-order valence-electron chi connectivity index (χ3n) is 4.19. The molecule has 1 unspecified atom stereocenters. The number of β-amino-alcohol motifs (C(OH)–C–C–N with tert-alkyl or cyclic N) is 1. The quantitative estimate of drug-likeness (QED) is 0.475. The molecule has 26 heavy (non-hydrogen) atoms. The summed E-state index contributed by atoms with van der Waals surface area (Å²) in [4.78, 5) is 26.3. The van der Waals surface area contributed by atoms with Crippen LogP contribution >= 0.6 is 23.2 Å². The molecule has 1 aliphatic rings. The second-order valence-corrected chi connectivity index (χ2v) is 6.59. The van der Waals surface area contributed by atoms with Crippen LogP contribution in [0.15, 0.2) is 54.1 Å². The average Bonchev–Trinajstić information content (AvgIpc) is 2.87. The van der Waals surface area contributed by atoms with E-state index in [4.69, 9.17) is 23.2 Å². The van der Waals surface area contributed by atoms with E-state index >= 15 is 0 Å². The number of carbonyl (C=O) groups is 2. The van der Waals surface area contributed by atoms with Gasteiger partial charge < -0.3 is 15.1 Å². The molecule has 134 valence electrons. The Morgan fingerprint density at radius 2 is 1.77 bits per heavy atom. The van der Waals surface area contributed by atoms with Gasteiger partial charge >= 0.3 is 0 Å². The van der Waals surface area contributed by atoms with E-state index < -0.39 is 17.7 Å². The number of nitrogens with zero attached hydrogens (tertiary/aromatic N) is 1. The summed E-state index contributed by atoms with van der Waals surface area (Å²) in [5, 5.41) is 20.7. The first-order valence-electron chi connectivity index (χ1n) is 7.85. The van der Waals surface area contributed by atoms with E-state index in [1.165, 1.54) is 11.0 Å². The number of rotatable bonds is 4. The Hall–Kier alpha value is -2.34. The smallest absolute Gasteiger partial charge is 0.295 e. The molecule has 1 atom stereocenters. The number of hydrogen-bond donors (Lipinski definition) is 2. The fourth-order valence-electron chi connectivity index (χ4n) is 3.02. The molecule has 1 saturated heterocycles. The van der Waals surface area contributed by atoms with Gasteiger partial charge in [0.2, 0.25) is 0 Å². The zero-order chi connectivity index (χ0) is 18.8. The lowest BCUT2D eigenvalue weighted by atomic mass is 9.95. The summed E-state index contributed by atoms with van der Waals surface area (Å²) in [7, 11) is 0. The van der Waals surface area contributed by atoms with E-state index in [0.29, 0.717) is 16.1 Å². The van der Waals surface area contributed by atoms with Crippen LogP contribution in [0, 0.1) is 0 Å². The number of hydrogen-bond acceptors (Lipinski definition) is 4. The number of benzene rings is 2. The Labute approximate surface area is 160 Å². The molecule has 1 heterocycles. The Kier molecular flexibility index (Phi) is 5.32. The van der Waals surface area contributed by atoms with Crippen LogP contribution in [0.4, 0.5) is 0 Å². The Morgan fingerprint density at radius 1 is 1.08 bits per heavy atom. The molecule has 2 N–H and O–H groups in total. The summed E-state index contributed by atoms with van der Waals surface area (Å²) in [6.07, 6.45) is 0. The summed E-state index contributed by atoms with van der Waals surface area (Å²) in [6, 6.07) is 12.2. The lowest BCUT2D eigenvalue weighted by Crippen LogP contribution is -2.32. The van der Waals surface area contributed by atoms with Crippen LogP contribution in [0.2, 0.25) is 10.0 Å². The van der Waals surface area contributed by atoms with Crippen molar-refractivity contribution < 1.29 is 19.8 Å². The minimum Gasteiger partial charge on any atom is -0.507 e. The van der Waals surface area contributed by atoms with Crippen molar-refractivity contribution in [3.05, 3.63) is 75.3 Å². The van der Waals surface area contributed by atoms with Gasteiger partial charge in [0, 0.05) is 22.2 Å². The van der Waals surface area contributed by atoms with Crippen molar-refractivity contribution in [3.63, 3.8) is 0 Å². The predicted molar refractivity (Wildman–Crippen MR) is 99.0 cm³/mol. The normalized spacial score (nSPS) is 19.2. The van der Waals surface area contributed by atoms with E-state index in [1.807, 2.05) is 0 Å². The van der Waals surface area contributed by atoms with E-state index in [-0.39, 0.29) is 29.5 Å². The van der Waals surface area contributed by atoms with Crippen molar-refractivity contribution in [3.8, 4) is 0 Å². The summed E-state index contributed by atoms with van der Waals surface area (Å²) in [5.74, 6) is -1.91. The Bertz CT molecular complexity index is 896. The maximum Gasteiger partial charge on any atom is 0.295 e. The number of Topliss-reactive ketones (excluding diaryl/α,β-unsaturated/α-hetero) is 1. The molecule has 2 aromatic carbocycles. The first-order chi connectivity index (χ1) is 12.5. The van der Waals surface area contributed by atoms with Crippen LogP contribution < -0.4 is 0 Å². The van der Waals surface area contributed by atoms with Gasteiger partial charge in [-0.2, -0.15) is 0 Å². The molecule has 0 radical (unpaired) electrons. The highest BCUT2D eigenvalue weighted by Crippen LogP contribution is 2.42. The lowest BCUT2D eigenvalue weighted by molar-refractivity contribution is -0.140. The van der Waals surface area contributed by atoms with E-state index in [1.54, 1.807) is 42.5 Å². The van der Waals surface area contributed by atoms with Gasteiger partial charge in [-0.3, -0.25) is 9.59 Å². The molecule has 0 saturated carbocycles.